The van der Waals surface area contributed by atoms with Crippen LogP contribution >= 0.6 is 0 Å². The van der Waals surface area contributed by atoms with E-state index in [0.717, 1.165) is 23.5 Å². The largest absolute Gasteiger partial charge is 0.489 e. The predicted octanol–water partition coefficient (Wildman–Crippen LogP) is 4.35. The summed E-state index contributed by atoms with van der Waals surface area (Å²) >= 11 is 0. The quantitative estimate of drug-likeness (QED) is 0.642. The van der Waals surface area contributed by atoms with Crippen LogP contribution in [0.1, 0.15) is 30.8 Å². The van der Waals surface area contributed by atoms with Crippen molar-refractivity contribution < 1.29 is 9.53 Å². The lowest BCUT2D eigenvalue weighted by Crippen LogP contribution is -2.28. The minimum atomic E-state index is -0.268. The van der Waals surface area contributed by atoms with Crippen LogP contribution in [-0.2, 0) is 13.1 Å². The summed E-state index contributed by atoms with van der Waals surface area (Å²) < 4.78 is 7.82. The van der Waals surface area contributed by atoms with Crippen LogP contribution in [0, 0.1) is 6.92 Å². The van der Waals surface area contributed by atoms with Crippen LogP contribution < -0.4 is 15.4 Å². The number of amides is 2. The zero-order valence-electron chi connectivity index (χ0n) is 16.5. The van der Waals surface area contributed by atoms with E-state index in [1.807, 2.05) is 63.4 Å². The zero-order valence-corrected chi connectivity index (χ0v) is 16.5. The number of aromatic nitrogens is 2. The fourth-order valence-corrected chi connectivity index (χ4v) is 2.88. The topological polar surface area (TPSA) is 68.2 Å². The van der Waals surface area contributed by atoms with Crippen molar-refractivity contribution in [2.75, 3.05) is 5.32 Å². The smallest absolute Gasteiger partial charge is 0.319 e. The molecule has 0 aliphatic rings. The van der Waals surface area contributed by atoms with Crippen LogP contribution in [0.5, 0.6) is 5.75 Å². The number of aryl methyl sites for hydroxylation is 1. The number of nitrogens with zero attached hydrogens (tertiary/aromatic N) is 2. The van der Waals surface area contributed by atoms with E-state index in [2.05, 4.69) is 32.3 Å². The van der Waals surface area contributed by atoms with E-state index < -0.39 is 0 Å². The normalized spacial score (nSPS) is 10.7. The first-order chi connectivity index (χ1) is 13.5. The minimum absolute atomic E-state index is 0.0351. The van der Waals surface area contributed by atoms with Gasteiger partial charge >= 0.3 is 6.03 Å². The maximum Gasteiger partial charge on any atom is 0.319 e. The molecular formula is C22H26N4O2. The second-order valence-corrected chi connectivity index (χ2v) is 6.89. The maximum absolute atomic E-state index is 12.3. The third-order valence-corrected chi connectivity index (χ3v) is 4.22. The molecule has 2 aromatic carbocycles. The number of nitrogens with one attached hydrogen (secondary N) is 2. The van der Waals surface area contributed by atoms with Crippen molar-refractivity contribution in [2.45, 2.75) is 40.0 Å². The molecule has 0 unspecified atom stereocenters. The molecule has 1 heterocycles. The molecule has 28 heavy (non-hydrogen) atoms. The van der Waals surface area contributed by atoms with Gasteiger partial charge in [-0.2, -0.15) is 0 Å². The fraction of sp³-hybridized carbons (Fsp3) is 0.273. The first kappa shape index (κ1) is 19.5. The number of anilines is 1. The molecule has 6 nitrogen and oxygen atoms in total. The van der Waals surface area contributed by atoms with Crippen LogP contribution in [0.3, 0.4) is 0 Å². The lowest BCUT2D eigenvalue weighted by Gasteiger charge is -2.15. The first-order valence-electron chi connectivity index (χ1n) is 9.37. The number of benzene rings is 2. The number of carbonyl (C=O) groups is 1. The van der Waals surface area contributed by atoms with Gasteiger partial charge in [-0.15, -0.1) is 0 Å². The number of imidazole rings is 1. The van der Waals surface area contributed by atoms with Gasteiger partial charge in [0.2, 0.25) is 0 Å². The average molecular weight is 378 g/mol. The molecule has 3 aromatic rings. The van der Waals surface area contributed by atoms with Gasteiger partial charge in [0, 0.05) is 25.5 Å². The van der Waals surface area contributed by atoms with E-state index in [9.17, 15) is 4.79 Å². The molecule has 2 amide bonds. The van der Waals surface area contributed by atoms with Gasteiger partial charge in [0.25, 0.3) is 0 Å². The third-order valence-electron chi connectivity index (χ3n) is 4.22. The van der Waals surface area contributed by atoms with Crippen molar-refractivity contribution in [3.05, 3.63) is 77.9 Å². The van der Waals surface area contributed by atoms with Crippen molar-refractivity contribution in [1.82, 2.24) is 14.9 Å². The highest BCUT2D eigenvalue weighted by molar-refractivity contribution is 5.90. The van der Waals surface area contributed by atoms with Crippen LogP contribution in [0.2, 0.25) is 0 Å². The monoisotopic (exact) mass is 378 g/mol. The summed E-state index contributed by atoms with van der Waals surface area (Å²) in [6, 6.07) is 15.3. The van der Waals surface area contributed by atoms with Gasteiger partial charge in [0.05, 0.1) is 11.8 Å². The Morgan fingerprint density at radius 3 is 2.68 bits per heavy atom. The molecule has 3 rings (SSSR count). The fourth-order valence-electron chi connectivity index (χ4n) is 2.88. The molecule has 1 aromatic heterocycles. The second-order valence-electron chi connectivity index (χ2n) is 6.89. The number of rotatable bonds is 7. The number of ether oxygens (including phenoxy) is 1. The van der Waals surface area contributed by atoms with Crippen molar-refractivity contribution >= 4 is 11.7 Å². The van der Waals surface area contributed by atoms with Gasteiger partial charge in [-0.3, -0.25) is 0 Å². The Kier molecular flexibility index (Phi) is 6.32. The highest BCUT2D eigenvalue weighted by atomic mass is 16.5. The van der Waals surface area contributed by atoms with E-state index >= 15 is 0 Å². The Labute approximate surface area is 165 Å². The standard InChI is InChI=1S/C22H26N4O2/c1-16(2)28-21-10-5-4-9-20(21)25-22(27)24-14-18-7-6-8-19(13-18)15-26-12-11-23-17(26)3/h4-13,16H,14-15H2,1-3H3,(H2,24,25,27). The minimum Gasteiger partial charge on any atom is -0.489 e. The number of carbonyl (C=O) groups excluding carboxylic acids is 1. The summed E-state index contributed by atoms with van der Waals surface area (Å²) in [6.07, 6.45) is 3.80. The highest BCUT2D eigenvalue weighted by Crippen LogP contribution is 2.24. The Balaban J connectivity index is 1.58. The SMILES string of the molecule is Cc1nccn1Cc1cccc(CNC(=O)Nc2ccccc2OC(C)C)c1. The van der Waals surface area contributed by atoms with E-state index in [0.29, 0.717) is 18.0 Å². The van der Waals surface area contributed by atoms with E-state index in [1.165, 1.54) is 0 Å². The van der Waals surface area contributed by atoms with Crippen LogP contribution in [0.4, 0.5) is 10.5 Å². The molecular weight excluding hydrogens is 352 g/mol. The van der Waals surface area contributed by atoms with Gasteiger partial charge in [-0.25, -0.2) is 9.78 Å². The Morgan fingerprint density at radius 1 is 1.14 bits per heavy atom. The van der Waals surface area contributed by atoms with E-state index in [1.54, 1.807) is 6.20 Å². The molecule has 0 atom stereocenters. The molecule has 0 saturated carbocycles. The van der Waals surface area contributed by atoms with Gasteiger partial charge < -0.3 is 19.9 Å². The lowest BCUT2D eigenvalue weighted by molar-refractivity contribution is 0.241. The van der Waals surface area contributed by atoms with Crippen LogP contribution in [0.25, 0.3) is 0 Å². The molecule has 6 heteroatoms. The lowest BCUT2D eigenvalue weighted by atomic mass is 10.1. The second kappa shape index (κ2) is 9.08. The van der Waals surface area contributed by atoms with Crippen LogP contribution in [-0.4, -0.2) is 21.7 Å². The molecule has 0 saturated heterocycles. The Morgan fingerprint density at radius 2 is 1.93 bits per heavy atom. The van der Waals surface area contributed by atoms with Crippen LogP contribution in [0.15, 0.2) is 60.9 Å². The number of hydrogen-bond acceptors (Lipinski definition) is 3. The molecule has 0 aliphatic carbocycles. The van der Waals surface area contributed by atoms with Gasteiger partial charge in [0.15, 0.2) is 0 Å². The molecule has 2 N–H and O–H groups in total. The van der Waals surface area contributed by atoms with Crippen molar-refractivity contribution in [3.8, 4) is 5.75 Å². The van der Waals surface area contributed by atoms with Crippen molar-refractivity contribution in [3.63, 3.8) is 0 Å². The first-order valence-corrected chi connectivity index (χ1v) is 9.37. The molecule has 0 spiro atoms. The molecule has 0 radical (unpaired) electrons. The Bertz CT molecular complexity index is 934. The number of para-hydroxylation sites is 2. The summed E-state index contributed by atoms with van der Waals surface area (Å²) in [5.74, 6) is 1.63. The summed E-state index contributed by atoms with van der Waals surface area (Å²) in [5, 5.41) is 5.76. The van der Waals surface area contributed by atoms with Crippen molar-refractivity contribution in [2.24, 2.45) is 0 Å². The summed E-state index contributed by atoms with van der Waals surface area (Å²) in [7, 11) is 0. The van der Waals surface area contributed by atoms with Gasteiger partial charge in [0.1, 0.15) is 11.6 Å². The molecule has 0 fully saturated rings. The molecule has 0 bridgehead atoms. The zero-order chi connectivity index (χ0) is 19.9. The van der Waals surface area contributed by atoms with E-state index in [4.69, 9.17) is 4.74 Å². The molecule has 146 valence electrons. The molecule has 0 aliphatic heterocycles. The number of hydrogen-bond donors (Lipinski definition) is 2. The average Bonchev–Trinajstić information content (AvgIpc) is 3.06. The van der Waals surface area contributed by atoms with E-state index in [-0.39, 0.29) is 12.1 Å². The predicted molar refractivity (Wildman–Crippen MR) is 111 cm³/mol. The highest BCUT2D eigenvalue weighted by Gasteiger charge is 2.09. The van der Waals surface area contributed by atoms with Gasteiger partial charge in [-0.1, -0.05) is 36.4 Å². The maximum atomic E-state index is 12.3. The van der Waals surface area contributed by atoms with Crippen molar-refractivity contribution in [1.29, 1.82) is 0 Å². The number of urea groups is 1. The third kappa shape index (κ3) is 5.36. The summed E-state index contributed by atoms with van der Waals surface area (Å²) in [4.78, 5) is 16.6. The summed E-state index contributed by atoms with van der Waals surface area (Å²) in [5.41, 5.74) is 2.85. The Hall–Kier alpha value is -3.28. The van der Waals surface area contributed by atoms with Gasteiger partial charge in [-0.05, 0) is 44.0 Å². The summed E-state index contributed by atoms with van der Waals surface area (Å²) in [6.45, 7) is 7.09.